The van der Waals surface area contributed by atoms with Crippen LogP contribution in [0.5, 0.6) is 0 Å². The fourth-order valence-electron chi connectivity index (χ4n) is 11.0. The van der Waals surface area contributed by atoms with Crippen LogP contribution in [0.2, 0.25) is 0 Å². The van der Waals surface area contributed by atoms with Crippen molar-refractivity contribution < 1.29 is 4.42 Å². The van der Waals surface area contributed by atoms with E-state index in [1.54, 1.807) is 0 Å². The Bertz CT molecular complexity index is 3710. The number of hydrogen-bond donors (Lipinski definition) is 0. The van der Waals surface area contributed by atoms with E-state index >= 15 is 0 Å². The summed E-state index contributed by atoms with van der Waals surface area (Å²) >= 11 is 0. The van der Waals surface area contributed by atoms with E-state index in [1.165, 1.54) is 66.1 Å². The summed E-state index contributed by atoms with van der Waals surface area (Å²) < 4.78 is 6.69. The Kier molecular flexibility index (Phi) is 8.47. The Labute approximate surface area is 377 Å². The van der Waals surface area contributed by atoms with E-state index in [2.05, 4.69) is 254 Å². The average molecular weight is 828 g/mol. The number of fused-ring (bicyclic) bond motifs is 9. The first-order valence-corrected chi connectivity index (χ1v) is 22.4. The van der Waals surface area contributed by atoms with Gasteiger partial charge in [-0.15, -0.1) is 0 Å². The highest BCUT2D eigenvalue weighted by Crippen LogP contribution is 2.57. The molecule has 1 aromatic heterocycles. The summed E-state index contributed by atoms with van der Waals surface area (Å²) in [5, 5.41) is 7.05. The Morgan fingerprint density at radius 2 is 0.862 bits per heavy atom. The van der Waals surface area contributed by atoms with Gasteiger partial charge in [-0.1, -0.05) is 200 Å². The molecule has 13 rings (SSSR count). The summed E-state index contributed by atoms with van der Waals surface area (Å²) in [5.41, 5.74) is 16.7. The van der Waals surface area contributed by atoms with Crippen LogP contribution in [0.25, 0.3) is 76.9 Å². The van der Waals surface area contributed by atoms with Crippen molar-refractivity contribution in [2.75, 3.05) is 4.90 Å². The summed E-state index contributed by atoms with van der Waals surface area (Å²) in [6.07, 6.45) is 0. The van der Waals surface area contributed by atoms with E-state index in [0.717, 1.165) is 50.1 Å². The second-order valence-electron chi connectivity index (χ2n) is 17.1. The molecular formula is C63H41NO. The largest absolute Gasteiger partial charge is 0.456 e. The molecule has 1 aliphatic carbocycles. The topological polar surface area (TPSA) is 16.4 Å². The number of anilines is 3. The molecule has 12 aromatic rings. The lowest BCUT2D eigenvalue weighted by molar-refractivity contribution is 0.669. The SMILES string of the molecule is c1ccc(-c2ccc(N(c3ccc(C4(c5ccccc5)c5ccccc5-c5ccccc54)cc3)c3ccc4oc5ccccc5c4c3-c3cc4ccccc4c4ccccc34)cc2)cc1. The van der Waals surface area contributed by atoms with Crippen LogP contribution >= 0.6 is 0 Å². The van der Waals surface area contributed by atoms with Crippen LogP contribution in [0.1, 0.15) is 22.3 Å². The maximum Gasteiger partial charge on any atom is 0.136 e. The van der Waals surface area contributed by atoms with Gasteiger partial charge < -0.3 is 9.32 Å². The second kappa shape index (κ2) is 14.8. The predicted octanol–water partition coefficient (Wildman–Crippen LogP) is 17.1. The van der Waals surface area contributed by atoms with Gasteiger partial charge in [0.1, 0.15) is 11.2 Å². The standard InChI is InChI=1S/C63H41NO/c1-3-17-42(18-4-1)43-31-35-47(36-32-43)64(48-37-33-46(34-38-48)63(45-20-5-2-6-21-45)56-28-14-11-25-52(56)53-26-12-15-29-57(53)63)58-39-40-60-62(54-27-13-16-30-59(54)65-60)61(58)55-41-44-19-7-8-22-49(44)50-23-9-10-24-51(50)55/h1-41H. The van der Waals surface area contributed by atoms with Crippen molar-refractivity contribution in [2.24, 2.45) is 0 Å². The van der Waals surface area contributed by atoms with Gasteiger partial charge in [0.25, 0.3) is 0 Å². The molecule has 2 heteroatoms. The van der Waals surface area contributed by atoms with Crippen LogP contribution in [-0.2, 0) is 5.41 Å². The first-order valence-electron chi connectivity index (χ1n) is 22.4. The number of hydrogen-bond acceptors (Lipinski definition) is 2. The van der Waals surface area contributed by atoms with Gasteiger partial charge in [0.2, 0.25) is 0 Å². The molecule has 0 spiro atoms. The smallest absolute Gasteiger partial charge is 0.136 e. The molecule has 0 N–H and O–H groups in total. The third-order valence-corrected chi connectivity index (χ3v) is 13.7. The molecule has 2 nitrogen and oxygen atoms in total. The Hall–Kier alpha value is -8.46. The number of rotatable bonds is 7. The zero-order valence-electron chi connectivity index (χ0n) is 35.5. The first-order chi connectivity index (χ1) is 32.3. The predicted molar refractivity (Wildman–Crippen MR) is 272 cm³/mol. The maximum atomic E-state index is 6.69. The van der Waals surface area contributed by atoms with Crippen molar-refractivity contribution in [3.63, 3.8) is 0 Å². The molecule has 0 fully saturated rings. The van der Waals surface area contributed by atoms with E-state index in [4.69, 9.17) is 4.42 Å². The van der Waals surface area contributed by atoms with Gasteiger partial charge in [-0.2, -0.15) is 0 Å². The molecule has 0 saturated carbocycles. The molecule has 0 amide bonds. The first kappa shape index (κ1) is 37.1. The van der Waals surface area contributed by atoms with E-state index in [-0.39, 0.29) is 0 Å². The lowest BCUT2D eigenvalue weighted by Gasteiger charge is -2.34. The molecule has 0 atom stereocenters. The van der Waals surface area contributed by atoms with Crippen molar-refractivity contribution in [2.45, 2.75) is 5.41 Å². The fraction of sp³-hybridized carbons (Fsp3) is 0.0159. The summed E-state index contributed by atoms with van der Waals surface area (Å²) in [5.74, 6) is 0. The molecule has 1 heterocycles. The average Bonchev–Trinajstić information content (AvgIpc) is 3.91. The van der Waals surface area contributed by atoms with Crippen molar-refractivity contribution in [1.29, 1.82) is 0 Å². The maximum absolute atomic E-state index is 6.69. The minimum absolute atomic E-state index is 0.501. The summed E-state index contributed by atoms with van der Waals surface area (Å²) in [6, 6.07) is 90.8. The van der Waals surface area contributed by atoms with E-state index in [0.29, 0.717) is 0 Å². The lowest BCUT2D eigenvalue weighted by Crippen LogP contribution is -2.28. The van der Waals surface area contributed by atoms with Gasteiger partial charge >= 0.3 is 0 Å². The molecule has 0 radical (unpaired) electrons. The highest BCUT2D eigenvalue weighted by molar-refractivity contribution is 6.22. The highest BCUT2D eigenvalue weighted by Gasteiger charge is 2.45. The normalized spacial score (nSPS) is 12.7. The van der Waals surface area contributed by atoms with Crippen molar-refractivity contribution >= 4 is 60.5 Å². The molecule has 1 aliphatic rings. The summed E-state index contributed by atoms with van der Waals surface area (Å²) in [6.45, 7) is 0. The fourth-order valence-corrected chi connectivity index (χ4v) is 11.0. The van der Waals surface area contributed by atoms with Gasteiger partial charge in [0.05, 0.1) is 11.1 Å². The number of para-hydroxylation sites is 1. The third-order valence-electron chi connectivity index (χ3n) is 13.7. The highest BCUT2D eigenvalue weighted by atomic mass is 16.3. The lowest BCUT2D eigenvalue weighted by atomic mass is 9.68. The van der Waals surface area contributed by atoms with E-state index < -0.39 is 5.41 Å². The Balaban J connectivity index is 1.09. The Morgan fingerprint density at radius 1 is 0.338 bits per heavy atom. The van der Waals surface area contributed by atoms with Crippen LogP contribution in [0.3, 0.4) is 0 Å². The molecule has 0 aliphatic heterocycles. The molecule has 304 valence electrons. The zero-order valence-corrected chi connectivity index (χ0v) is 35.5. The number of nitrogens with zero attached hydrogens (tertiary/aromatic N) is 1. The molecule has 0 bridgehead atoms. The van der Waals surface area contributed by atoms with Crippen molar-refractivity contribution in [3.05, 3.63) is 271 Å². The monoisotopic (exact) mass is 827 g/mol. The Morgan fingerprint density at radius 3 is 1.57 bits per heavy atom. The van der Waals surface area contributed by atoms with E-state index in [9.17, 15) is 0 Å². The van der Waals surface area contributed by atoms with Crippen molar-refractivity contribution in [3.8, 4) is 33.4 Å². The minimum Gasteiger partial charge on any atom is -0.456 e. The quantitative estimate of drug-likeness (QED) is 0.149. The molecule has 0 unspecified atom stereocenters. The molecule has 65 heavy (non-hydrogen) atoms. The summed E-state index contributed by atoms with van der Waals surface area (Å²) in [7, 11) is 0. The van der Waals surface area contributed by atoms with Crippen LogP contribution in [0.15, 0.2) is 253 Å². The van der Waals surface area contributed by atoms with Crippen LogP contribution < -0.4 is 4.90 Å². The van der Waals surface area contributed by atoms with Gasteiger partial charge in [0, 0.05) is 27.7 Å². The zero-order chi connectivity index (χ0) is 42.9. The summed E-state index contributed by atoms with van der Waals surface area (Å²) in [4.78, 5) is 2.45. The second-order valence-corrected chi connectivity index (χ2v) is 17.1. The van der Waals surface area contributed by atoms with Crippen LogP contribution in [-0.4, -0.2) is 0 Å². The van der Waals surface area contributed by atoms with Crippen molar-refractivity contribution in [1.82, 2.24) is 0 Å². The van der Waals surface area contributed by atoms with Gasteiger partial charge in [-0.3, -0.25) is 0 Å². The van der Waals surface area contributed by atoms with Crippen LogP contribution in [0, 0.1) is 0 Å². The minimum atomic E-state index is -0.501. The van der Waals surface area contributed by atoms with E-state index in [1.807, 2.05) is 0 Å². The molecule has 11 aromatic carbocycles. The third kappa shape index (κ3) is 5.67. The van der Waals surface area contributed by atoms with Gasteiger partial charge in [-0.25, -0.2) is 0 Å². The molecular weight excluding hydrogens is 787 g/mol. The van der Waals surface area contributed by atoms with Crippen LogP contribution in [0.4, 0.5) is 17.1 Å². The number of furan rings is 1. The van der Waals surface area contributed by atoms with Gasteiger partial charge in [0.15, 0.2) is 0 Å². The number of benzene rings is 11. The van der Waals surface area contributed by atoms with Gasteiger partial charge in [-0.05, 0) is 120 Å². The molecule has 0 saturated heterocycles.